The number of aromatic nitrogens is 1. The average molecular weight is 376 g/mol. The molecule has 0 unspecified atom stereocenters. The summed E-state index contributed by atoms with van der Waals surface area (Å²) in [7, 11) is -1.91. The van der Waals surface area contributed by atoms with Crippen molar-refractivity contribution in [3.05, 3.63) is 48.0 Å². The fourth-order valence-corrected chi connectivity index (χ4v) is 4.31. The van der Waals surface area contributed by atoms with E-state index in [0.29, 0.717) is 10.9 Å². The van der Waals surface area contributed by atoms with Crippen LogP contribution in [0.5, 0.6) is 5.75 Å². The van der Waals surface area contributed by atoms with Crippen LogP contribution in [0.25, 0.3) is 10.2 Å². The Bertz CT molecular complexity index is 1040. The highest BCUT2D eigenvalue weighted by molar-refractivity contribution is 7.91. The highest BCUT2D eigenvalue weighted by Crippen LogP contribution is 2.29. The maximum atomic E-state index is 12.6. The molecule has 0 radical (unpaired) electrons. The summed E-state index contributed by atoms with van der Waals surface area (Å²) in [6, 6.07) is 11.6. The Hall–Kier alpha value is -2.45. The van der Waals surface area contributed by atoms with Crippen molar-refractivity contribution in [1.82, 2.24) is 4.98 Å². The zero-order valence-electron chi connectivity index (χ0n) is 13.6. The molecule has 130 valence electrons. The number of fused-ring (bicyclic) bond motifs is 1. The maximum absolute atomic E-state index is 12.6. The van der Waals surface area contributed by atoms with Crippen LogP contribution in [-0.4, -0.2) is 32.2 Å². The molecule has 0 fully saturated rings. The first kappa shape index (κ1) is 17.4. The second-order valence-electron chi connectivity index (χ2n) is 5.21. The van der Waals surface area contributed by atoms with E-state index >= 15 is 0 Å². The van der Waals surface area contributed by atoms with Gasteiger partial charge in [-0.1, -0.05) is 30.4 Å². The molecular formula is C17H16N2O4S2. The van der Waals surface area contributed by atoms with Crippen molar-refractivity contribution < 1.29 is 17.9 Å². The number of nitrogens with zero attached hydrogens (tertiary/aromatic N) is 1. The Morgan fingerprint density at radius 1 is 1.24 bits per heavy atom. The quantitative estimate of drug-likeness (QED) is 0.738. The van der Waals surface area contributed by atoms with E-state index in [0.717, 1.165) is 10.2 Å². The minimum absolute atomic E-state index is 0.0257. The molecule has 0 aliphatic rings. The van der Waals surface area contributed by atoms with E-state index in [1.165, 1.54) is 23.5 Å². The maximum Gasteiger partial charge on any atom is 0.258 e. The highest BCUT2D eigenvalue weighted by atomic mass is 32.2. The normalized spacial score (nSPS) is 11.4. The molecule has 0 aliphatic carbocycles. The Labute approximate surface area is 149 Å². The predicted octanol–water partition coefficient (Wildman–Crippen LogP) is 3.35. The molecule has 2 aromatic carbocycles. The number of benzene rings is 2. The Kier molecular flexibility index (Phi) is 4.73. The van der Waals surface area contributed by atoms with Gasteiger partial charge in [0.1, 0.15) is 5.75 Å². The minimum atomic E-state index is -3.49. The van der Waals surface area contributed by atoms with Crippen LogP contribution in [0.1, 0.15) is 17.3 Å². The SMILES string of the molecule is CCS(=O)(=O)c1ccccc1C(=O)Nc1nc2ccc(OC)cc2s1. The van der Waals surface area contributed by atoms with Crippen molar-refractivity contribution in [2.45, 2.75) is 11.8 Å². The largest absolute Gasteiger partial charge is 0.497 e. The molecule has 0 atom stereocenters. The summed E-state index contributed by atoms with van der Waals surface area (Å²) in [6.45, 7) is 1.55. The number of amides is 1. The molecule has 25 heavy (non-hydrogen) atoms. The van der Waals surface area contributed by atoms with E-state index in [1.54, 1.807) is 38.3 Å². The van der Waals surface area contributed by atoms with E-state index in [-0.39, 0.29) is 16.2 Å². The number of sulfone groups is 1. The number of carbonyl (C=O) groups is 1. The zero-order chi connectivity index (χ0) is 18.0. The number of ether oxygens (including phenoxy) is 1. The third-order valence-corrected chi connectivity index (χ3v) is 6.38. The van der Waals surface area contributed by atoms with Gasteiger partial charge in [-0.3, -0.25) is 10.1 Å². The number of anilines is 1. The average Bonchev–Trinajstić information content (AvgIpc) is 3.02. The molecule has 1 N–H and O–H groups in total. The first-order valence-electron chi connectivity index (χ1n) is 7.52. The van der Waals surface area contributed by atoms with Gasteiger partial charge in [-0.25, -0.2) is 13.4 Å². The van der Waals surface area contributed by atoms with Crippen LogP contribution >= 0.6 is 11.3 Å². The minimum Gasteiger partial charge on any atom is -0.497 e. The number of rotatable bonds is 5. The van der Waals surface area contributed by atoms with Crippen molar-refractivity contribution in [2.75, 3.05) is 18.2 Å². The molecule has 3 rings (SSSR count). The van der Waals surface area contributed by atoms with Gasteiger partial charge in [0.25, 0.3) is 5.91 Å². The molecule has 1 aromatic heterocycles. The number of thiazole rings is 1. The van der Waals surface area contributed by atoms with Gasteiger partial charge in [0.05, 0.1) is 33.5 Å². The smallest absolute Gasteiger partial charge is 0.258 e. The summed E-state index contributed by atoms with van der Waals surface area (Å²) in [6.07, 6.45) is 0. The predicted molar refractivity (Wildman–Crippen MR) is 98.3 cm³/mol. The van der Waals surface area contributed by atoms with Gasteiger partial charge < -0.3 is 4.74 Å². The van der Waals surface area contributed by atoms with Gasteiger partial charge in [0, 0.05) is 0 Å². The lowest BCUT2D eigenvalue weighted by Gasteiger charge is -2.08. The summed E-state index contributed by atoms with van der Waals surface area (Å²) in [4.78, 5) is 16.9. The third-order valence-electron chi connectivity index (χ3n) is 3.66. The molecule has 6 nitrogen and oxygen atoms in total. The Balaban J connectivity index is 1.93. The van der Waals surface area contributed by atoms with Crippen molar-refractivity contribution in [2.24, 2.45) is 0 Å². The molecule has 0 saturated carbocycles. The second kappa shape index (κ2) is 6.81. The Morgan fingerprint density at radius 3 is 2.72 bits per heavy atom. The van der Waals surface area contributed by atoms with Gasteiger partial charge >= 0.3 is 0 Å². The van der Waals surface area contributed by atoms with Gasteiger partial charge in [-0.05, 0) is 30.3 Å². The van der Waals surface area contributed by atoms with Crippen molar-refractivity contribution in [3.8, 4) is 5.75 Å². The van der Waals surface area contributed by atoms with Crippen molar-refractivity contribution in [3.63, 3.8) is 0 Å². The molecule has 0 spiro atoms. The lowest BCUT2D eigenvalue weighted by Crippen LogP contribution is -2.17. The number of methoxy groups -OCH3 is 1. The lowest BCUT2D eigenvalue weighted by molar-refractivity contribution is 0.102. The molecule has 3 aromatic rings. The van der Waals surface area contributed by atoms with E-state index in [9.17, 15) is 13.2 Å². The van der Waals surface area contributed by atoms with Crippen molar-refractivity contribution >= 4 is 42.4 Å². The molecule has 0 bridgehead atoms. The number of nitrogens with one attached hydrogen (secondary N) is 1. The van der Waals surface area contributed by atoms with Gasteiger partial charge in [-0.15, -0.1) is 0 Å². The van der Waals surface area contributed by atoms with Gasteiger partial charge in [0.2, 0.25) is 0 Å². The number of hydrogen-bond donors (Lipinski definition) is 1. The van der Waals surface area contributed by atoms with Crippen LogP contribution in [0, 0.1) is 0 Å². The lowest BCUT2D eigenvalue weighted by atomic mass is 10.2. The topological polar surface area (TPSA) is 85.4 Å². The Morgan fingerprint density at radius 2 is 2.00 bits per heavy atom. The van der Waals surface area contributed by atoms with E-state index in [4.69, 9.17) is 4.74 Å². The number of hydrogen-bond acceptors (Lipinski definition) is 6. The van der Waals surface area contributed by atoms with Crippen LogP contribution < -0.4 is 10.1 Å². The van der Waals surface area contributed by atoms with Crippen LogP contribution in [0.3, 0.4) is 0 Å². The van der Waals surface area contributed by atoms with Gasteiger partial charge in [0.15, 0.2) is 15.0 Å². The number of carbonyl (C=O) groups excluding carboxylic acids is 1. The van der Waals surface area contributed by atoms with E-state index in [1.807, 2.05) is 6.07 Å². The molecule has 1 amide bonds. The summed E-state index contributed by atoms with van der Waals surface area (Å²) in [5, 5.41) is 3.08. The van der Waals surface area contributed by atoms with Crippen LogP contribution in [0.15, 0.2) is 47.4 Å². The van der Waals surface area contributed by atoms with Crippen LogP contribution in [0.2, 0.25) is 0 Å². The summed E-state index contributed by atoms with van der Waals surface area (Å²) >= 11 is 1.30. The first-order valence-corrected chi connectivity index (χ1v) is 9.99. The second-order valence-corrected chi connectivity index (χ2v) is 8.48. The van der Waals surface area contributed by atoms with Crippen LogP contribution in [-0.2, 0) is 9.84 Å². The molecule has 8 heteroatoms. The molecule has 1 heterocycles. The molecular weight excluding hydrogens is 360 g/mol. The fourth-order valence-electron chi connectivity index (χ4n) is 2.33. The summed E-state index contributed by atoms with van der Waals surface area (Å²) in [5.41, 5.74) is 0.844. The summed E-state index contributed by atoms with van der Waals surface area (Å²) in [5.74, 6) is 0.130. The van der Waals surface area contributed by atoms with E-state index in [2.05, 4.69) is 10.3 Å². The molecule has 0 aliphatic heterocycles. The highest BCUT2D eigenvalue weighted by Gasteiger charge is 2.21. The van der Waals surface area contributed by atoms with E-state index < -0.39 is 15.7 Å². The third kappa shape index (κ3) is 3.49. The zero-order valence-corrected chi connectivity index (χ0v) is 15.3. The summed E-state index contributed by atoms with van der Waals surface area (Å²) < 4.78 is 30.4. The van der Waals surface area contributed by atoms with Gasteiger partial charge in [-0.2, -0.15) is 0 Å². The fraction of sp³-hybridized carbons (Fsp3) is 0.176. The van der Waals surface area contributed by atoms with Crippen molar-refractivity contribution in [1.29, 1.82) is 0 Å². The van der Waals surface area contributed by atoms with Crippen LogP contribution in [0.4, 0.5) is 5.13 Å². The monoisotopic (exact) mass is 376 g/mol. The first-order chi connectivity index (χ1) is 11.9. The standard InChI is InChI=1S/C17H16N2O4S2/c1-3-25(21,22)15-7-5-4-6-12(15)16(20)19-17-18-13-9-8-11(23-2)10-14(13)24-17/h4-10H,3H2,1-2H3,(H,18,19,20). The molecule has 0 saturated heterocycles.